The largest absolute Gasteiger partial charge is 0.591 e. The van der Waals surface area contributed by atoms with E-state index in [4.69, 9.17) is 4.74 Å². The normalized spacial score (nSPS) is 19.0. The second-order valence-electron chi connectivity index (χ2n) is 9.55. The van der Waals surface area contributed by atoms with E-state index in [-0.39, 0.29) is 5.92 Å². The minimum Gasteiger partial charge on any atom is -0.591 e. The summed E-state index contributed by atoms with van der Waals surface area (Å²) in [5.41, 5.74) is 0.483. The van der Waals surface area contributed by atoms with E-state index in [1.807, 2.05) is 41.5 Å². The molecule has 2 atom stereocenters. The molecule has 1 saturated heterocycles. The number of carbonyl (C=O) groups is 1. The summed E-state index contributed by atoms with van der Waals surface area (Å²) in [6.45, 7) is 14.6. The summed E-state index contributed by atoms with van der Waals surface area (Å²) in [7, 11) is 0. The highest BCUT2D eigenvalue weighted by Crippen LogP contribution is 2.27. The standard InChI is InChI=1S/C21H33FN4O3S/c1-14(25-30(28)21(5,6)7)17-10-16(22)12-23-18(17)26-9-8-15(13-26)11-24-19(27)29-20(2,3)4/h10,12,15H,8-9,11,13H2,1-7H3,(H,24,27). The molecule has 1 aromatic heterocycles. The number of halogens is 1. The first-order valence-electron chi connectivity index (χ1n) is 10.1. The fourth-order valence-corrected chi connectivity index (χ4v) is 3.62. The van der Waals surface area contributed by atoms with Crippen LogP contribution in [0.1, 0.15) is 60.5 Å². The highest BCUT2D eigenvalue weighted by Gasteiger charge is 2.30. The lowest BCUT2D eigenvalue weighted by molar-refractivity contribution is 0.0520. The molecule has 30 heavy (non-hydrogen) atoms. The minimum absolute atomic E-state index is 0.221. The first-order chi connectivity index (χ1) is 13.8. The lowest BCUT2D eigenvalue weighted by atomic mass is 10.1. The van der Waals surface area contributed by atoms with Gasteiger partial charge in [0.25, 0.3) is 0 Å². The Morgan fingerprint density at radius 1 is 1.40 bits per heavy atom. The maximum absolute atomic E-state index is 13.9. The molecule has 0 radical (unpaired) electrons. The van der Waals surface area contributed by atoms with Crippen molar-refractivity contribution in [2.24, 2.45) is 10.3 Å². The second-order valence-corrected chi connectivity index (χ2v) is 11.5. The number of pyridine rings is 1. The Bertz CT molecular complexity index is 789. The van der Waals surface area contributed by atoms with Crippen LogP contribution in [0.2, 0.25) is 0 Å². The summed E-state index contributed by atoms with van der Waals surface area (Å²) in [5, 5.41) is 2.81. The molecule has 7 nitrogen and oxygen atoms in total. The zero-order chi connectivity index (χ0) is 22.7. The zero-order valence-electron chi connectivity index (χ0n) is 18.9. The molecule has 1 fully saturated rings. The van der Waals surface area contributed by atoms with Gasteiger partial charge in [-0.15, -0.1) is 0 Å². The van der Waals surface area contributed by atoms with E-state index >= 15 is 0 Å². The van der Waals surface area contributed by atoms with Crippen molar-refractivity contribution in [1.82, 2.24) is 10.3 Å². The minimum atomic E-state index is -1.45. The van der Waals surface area contributed by atoms with Crippen molar-refractivity contribution >= 4 is 29.0 Å². The fraction of sp³-hybridized carbons (Fsp3) is 0.667. The summed E-state index contributed by atoms with van der Waals surface area (Å²) < 4.78 is 35.4. The molecule has 1 N–H and O–H groups in total. The van der Waals surface area contributed by atoms with E-state index in [2.05, 4.69) is 19.6 Å². The summed E-state index contributed by atoms with van der Waals surface area (Å²) in [6, 6.07) is 1.38. The molecule has 0 spiro atoms. The number of ether oxygens (including phenoxy) is 1. The number of carbonyl (C=O) groups excluding carboxylic acids is 1. The van der Waals surface area contributed by atoms with Gasteiger partial charge in [-0.25, -0.2) is 14.2 Å². The van der Waals surface area contributed by atoms with Gasteiger partial charge in [0.2, 0.25) is 0 Å². The Morgan fingerprint density at radius 3 is 2.67 bits per heavy atom. The third-order valence-electron chi connectivity index (χ3n) is 4.49. The predicted octanol–water partition coefficient (Wildman–Crippen LogP) is 3.84. The van der Waals surface area contributed by atoms with Crippen LogP contribution in [0.3, 0.4) is 0 Å². The Kier molecular flexibility index (Phi) is 7.74. The quantitative estimate of drug-likeness (QED) is 0.555. The van der Waals surface area contributed by atoms with E-state index < -0.39 is 33.6 Å². The van der Waals surface area contributed by atoms with Crippen molar-refractivity contribution in [3.63, 3.8) is 0 Å². The van der Waals surface area contributed by atoms with Gasteiger partial charge in [0.05, 0.1) is 11.9 Å². The fourth-order valence-electron chi connectivity index (χ4n) is 2.99. The number of aromatic nitrogens is 1. The third-order valence-corrected chi connectivity index (χ3v) is 5.97. The van der Waals surface area contributed by atoms with Crippen molar-refractivity contribution in [1.29, 1.82) is 0 Å². The molecule has 1 amide bonds. The number of nitrogens with one attached hydrogen (secondary N) is 1. The average molecular weight is 441 g/mol. The van der Waals surface area contributed by atoms with Gasteiger partial charge in [-0.3, -0.25) is 0 Å². The molecule has 1 aliphatic rings. The van der Waals surface area contributed by atoms with Gasteiger partial charge >= 0.3 is 6.09 Å². The molecule has 168 valence electrons. The maximum Gasteiger partial charge on any atom is 0.407 e. The summed E-state index contributed by atoms with van der Waals surface area (Å²) in [4.78, 5) is 18.2. The van der Waals surface area contributed by atoms with Crippen LogP contribution in [0, 0.1) is 11.7 Å². The summed E-state index contributed by atoms with van der Waals surface area (Å²) in [5.74, 6) is 0.369. The van der Waals surface area contributed by atoms with Crippen LogP contribution in [-0.2, 0) is 16.1 Å². The van der Waals surface area contributed by atoms with Gasteiger partial charge in [0.1, 0.15) is 33.3 Å². The number of anilines is 1. The molecule has 0 bridgehead atoms. The molecule has 2 rings (SSSR count). The lowest BCUT2D eigenvalue weighted by Crippen LogP contribution is -2.36. The van der Waals surface area contributed by atoms with Crippen molar-refractivity contribution in [3.05, 3.63) is 23.6 Å². The van der Waals surface area contributed by atoms with Crippen molar-refractivity contribution < 1.29 is 18.5 Å². The second kappa shape index (κ2) is 9.51. The van der Waals surface area contributed by atoms with Gasteiger partial charge in [0.15, 0.2) is 0 Å². The van der Waals surface area contributed by atoms with Crippen LogP contribution < -0.4 is 10.2 Å². The molecule has 1 aromatic rings. The molecular formula is C21H33FN4O3S. The number of hydrogen-bond donors (Lipinski definition) is 1. The average Bonchev–Trinajstić information content (AvgIpc) is 3.06. The Morgan fingerprint density at radius 2 is 2.07 bits per heavy atom. The number of amides is 1. The van der Waals surface area contributed by atoms with Gasteiger partial charge in [-0.05, 0) is 66.9 Å². The third kappa shape index (κ3) is 7.12. The van der Waals surface area contributed by atoms with Crippen molar-refractivity contribution in [2.45, 2.75) is 65.2 Å². The number of rotatable bonds is 5. The first kappa shape index (κ1) is 24.4. The molecule has 2 unspecified atom stereocenters. The SMILES string of the molecule is CC(=N[S+]([O-])C(C)(C)C)c1cc(F)cnc1N1CCC(CNC(=O)OC(C)(C)C)C1. The predicted molar refractivity (Wildman–Crippen MR) is 119 cm³/mol. The Labute approximate surface area is 181 Å². The van der Waals surface area contributed by atoms with Gasteiger partial charge in [0, 0.05) is 25.2 Å². The van der Waals surface area contributed by atoms with Crippen LogP contribution >= 0.6 is 0 Å². The number of hydrogen-bond acceptors (Lipinski definition) is 6. The van der Waals surface area contributed by atoms with Crippen molar-refractivity contribution in [3.8, 4) is 0 Å². The molecule has 0 aromatic carbocycles. The van der Waals surface area contributed by atoms with Gasteiger partial charge in [-0.2, -0.15) is 0 Å². The molecule has 1 aliphatic heterocycles. The van der Waals surface area contributed by atoms with Gasteiger partial charge < -0.3 is 19.5 Å². The molecule has 2 heterocycles. The molecule has 0 aliphatic carbocycles. The monoisotopic (exact) mass is 440 g/mol. The Hall–Kier alpha value is -1.87. The van der Waals surface area contributed by atoms with Crippen LogP contribution in [0.4, 0.5) is 15.0 Å². The molecule has 0 saturated carbocycles. The van der Waals surface area contributed by atoms with E-state index in [9.17, 15) is 13.7 Å². The lowest BCUT2D eigenvalue weighted by Gasteiger charge is -2.23. The molecule has 9 heteroatoms. The summed E-state index contributed by atoms with van der Waals surface area (Å²) >= 11 is -1.45. The van der Waals surface area contributed by atoms with E-state index in [1.165, 1.54) is 12.3 Å². The number of nitrogens with zero attached hydrogens (tertiary/aromatic N) is 3. The van der Waals surface area contributed by atoms with E-state index in [0.29, 0.717) is 30.2 Å². The first-order valence-corrected chi connectivity index (χ1v) is 11.2. The summed E-state index contributed by atoms with van der Waals surface area (Å²) in [6.07, 6.45) is 1.60. The zero-order valence-corrected chi connectivity index (χ0v) is 19.7. The van der Waals surface area contributed by atoms with Crippen LogP contribution in [-0.4, -0.2) is 51.3 Å². The van der Waals surface area contributed by atoms with Crippen LogP contribution in [0.5, 0.6) is 0 Å². The van der Waals surface area contributed by atoms with Crippen LogP contribution in [0.15, 0.2) is 16.7 Å². The molecular weight excluding hydrogens is 407 g/mol. The van der Waals surface area contributed by atoms with Crippen molar-refractivity contribution in [2.75, 3.05) is 24.5 Å². The smallest absolute Gasteiger partial charge is 0.407 e. The number of alkyl carbamates (subject to hydrolysis) is 1. The van der Waals surface area contributed by atoms with E-state index in [1.54, 1.807) is 6.92 Å². The highest BCUT2D eigenvalue weighted by atomic mass is 32.2. The van der Waals surface area contributed by atoms with Gasteiger partial charge in [-0.1, -0.05) is 4.40 Å². The van der Waals surface area contributed by atoms with E-state index in [0.717, 1.165) is 13.0 Å². The maximum atomic E-state index is 13.9. The highest BCUT2D eigenvalue weighted by molar-refractivity contribution is 7.91. The topological polar surface area (TPSA) is 89.9 Å². The van der Waals surface area contributed by atoms with Crippen LogP contribution in [0.25, 0.3) is 0 Å². The Balaban J connectivity index is 2.10.